The zero-order chi connectivity index (χ0) is 22.9. The van der Waals surface area contributed by atoms with Crippen molar-refractivity contribution in [2.75, 3.05) is 0 Å². The maximum absolute atomic E-state index is 13.3. The molecule has 33 heavy (non-hydrogen) atoms. The molecule has 0 aliphatic heterocycles. The van der Waals surface area contributed by atoms with E-state index in [9.17, 15) is 9.59 Å². The third kappa shape index (κ3) is 6.65. The van der Waals surface area contributed by atoms with E-state index in [4.69, 9.17) is 4.84 Å². The summed E-state index contributed by atoms with van der Waals surface area (Å²) in [6.45, 7) is 0. The standard InChI is InChI=1S/C28H27NO3S/c30-27(22-16-18-25(19-17-22)33-24-14-8-3-9-15-24)26(20-21-10-4-1-5-11-21)29-32-28(31)23-12-6-2-7-13-23/h2-3,6-9,12-19,21H,1,4-5,10-11,20H2/b29-26+. The fourth-order valence-corrected chi connectivity index (χ4v) is 4.86. The number of hydrogen-bond acceptors (Lipinski definition) is 5. The first-order valence-corrected chi connectivity index (χ1v) is 12.2. The van der Waals surface area contributed by atoms with Gasteiger partial charge >= 0.3 is 5.97 Å². The second kappa shape index (κ2) is 11.6. The molecular weight excluding hydrogens is 430 g/mol. The van der Waals surface area contributed by atoms with Gasteiger partial charge in [-0.05, 0) is 60.9 Å². The Morgan fingerprint density at radius 1 is 0.758 bits per heavy atom. The molecule has 0 saturated heterocycles. The average molecular weight is 458 g/mol. The molecule has 0 radical (unpaired) electrons. The van der Waals surface area contributed by atoms with Crippen LogP contribution in [0.3, 0.4) is 0 Å². The van der Waals surface area contributed by atoms with Crippen LogP contribution in [0.15, 0.2) is 99.9 Å². The molecule has 0 atom stereocenters. The van der Waals surface area contributed by atoms with E-state index >= 15 is 0 Å². The number of carbonyl (C=O) groups is 2. The van der Waals surface area contributed by atoms with Crippen LogP contribution in [0.4, 0.5) is 0 Å². The maximum atomic E-state index is 13.3. The third-order valence-electron chi connectivity index (χ3n) is 5.81. The molecule has 0 amide bonds. The highest BCUT2D eigenvalue weighted by molar-refractivity contribution is 7.99. The fourth-order valence-electron chi connectivity index (χ4n) is 4.03. The molecule has 1 saturated carbocycles. The van der Waals surface area contributed by atoms with E-state index in [1.807, 2.05) is 48.5 Å². The summed E-state index contributed by atoms with van der Waals surface area (Å²) in [5.74, 6) is -0.346. The van der Waals surface area contributed by atoms with Gasteiger partial charge in [0, 0.05) is 15.4 Å². The summed E-state index contributed by atoms with van der Waals surface area (Å²) < 4.78 is 0. The molecule has 1 fully saturated rings. The number of nitrogens with zero attached hydrogens (tertiary/aromatic N) is 1. The summed E-state index contributed by atoms with van der Waals surface area (Å²) in [6.07, 6.45) is 6.25. The van der Waals surface area contributed by atoms with Gasteiger partial charge < -0.3 is 4.84 Å². The summed E-state index contributed by atoms with van der Waals surface area (Å²) in [5.41, 5.74) is 1.28. The second-order valence-electron chi connectivity index (χ2n) is 8.26. The van der Waals surface area contributed by atoms with Gasteiger partial charge in [0.05, 0.1) is 5.56 Å². The van der Waals surface area contributed by atoms with Crippen molar-refractivity contribution >= 4 is 29.2 Å². The maximum Gasteiger partial charge on any atom is 0.365 e. The van der Waals surface area contributed by atoms with E-state index in [-0.39, 0.29) is 5.78 Å². The number of oxime groups is 1. The lowest BCUT2D eigenvalue weighted by atomic mass is 9.84. The molecule has 3 aromatic rings. The summed E-state index contributed by atoms with van der Waals surface area (Å²) in [5, 5.41) is 4.07. The molecule has 0 spiro atoms. The van der Waals surface area contributed by atoms with Gasteiger partial charge in [-0.15, -0.1) is 0 Å². The molecule has 168 valence electrons. The summed E-state index contributed by atoms with van der Waals surface area (Å²) in [6, 6.07) is 26.3. The van der Waals surface area contributed by atoms with Crippen LogP contribution >= 0.6 is 11.8 Å². The van der Waals surface area contributed by atoms with E-state index < -0.39 is 5.97 Å². The monoisotopic (exact) mass is 457 g/mol. The fraction of sp³-hybridized carbons (Fsp3) is 0.250. The zero-order valence-corrected chi connectivity index (χ0v) is 19.3. The Hall–Kier alpha value is -3.18. The minimum atomic E-state index is -0.556. The van der Waals surface area contributed by atoms with Crippen molar-refractivity contribution in [3.05, 3.63) is 96.1 Å². The largest absolute Gasteiger partial charge is 0.365 e. The van der Waals surface area contributed by atoms with Gasteiger partial charge in [-0.25, -0.2) is 4.79 Å². The number of carbonyl (C=O) groups excluding carboxylic acids is 2. The lowest BCUT2D eigenvalue weighted by Gasteiger charge is -2.21. The quantitative estimate of drug-likeness (QED) is 0.155. The van der Waals surface area contributed by atoms with E-state index in [2.05, 4.69) is 17.3 Å². The second-order valence-corrected chi connectivity index (χ2v) is 9.41. The molecule has 0 bridgehead atoms. The van der Waals surface area contributed by atoms with Crippen LogP contribution < -0.4 is 0 Å². The Bertz CT molecular complexity index is 1090. The Morgan fingerprint density at radius 3 is 2.03 bits per heavy atom. The van der Waals surface area contributed by atoms with Crippen molar-refractivity contribution in [3.63, 3.8) is 0 Å². The normalized spacial score (nSPS) is 14.6. The first-order chi connectivity index (χ1) is 16.2. The highest BCUT2D eigenvalue weighted by Crippen LogP contribution is 2.29. The minimum absolute atomic E-state index is 0.183. The van der Waals surface area contributed by atoms with Gasteiger partial charge in [0.15, 0.2) is 0 Å². The van der Waals surface area contributed by atoms with Gasteiger partial charge in [0.2, 0.25) is 5.78 Å². The van der Waals surface area contributed by atoms with Crippen molar-refractivity contribution in [2.45, 2.75) is 48.3 Å². The molecule has 0 heterocycles. The first-order valence-electron chi connectivity index (χ1n) is 11.4. The molecule has 1 aliphatic carbocycles. The number of Topliss-reactive ketones (excluding diaryl/α,β-unsaturated/α-hetero) is 1. The average Bonchev–Trinajstić information content (AvgIpc) is 2.88. The lowest BCUT2D eigenvalue weighted by molar-refractivity contribution is 0.0514. The van der Waals surface area contributed by atoms with Crippen LogP contribution in [0.1, 0.15) is 59.2 Å². The topological polar surface area (TPSA) is 55.7 Å². The van der Waals surface area contributed by atoms with Crippen LogP contribution in [0, 0.1) is 5.92 Å². The molecule has 3 aromatic carbocycles. The third-order valence-corrected chi connectivity index (χ3v) is 6.83. The molecule has 1 aliphatic rings. The molecular formula is C28H27NO3S. The van der Waals surface area contributed by atoms with Gasteiger partial charge in [-0.3, -0.25) is 4.79 Å². The Morgan fingerprint density at radius 2 is 1.36 bits per heavy atom. The Labute approximate surface area is 199 Å². The van der Waals surface area contributed by atoms with Crippen LogP contribution in [0.5, 0.6) is 0 Å². The first kappa shape index (κ1) is 23.0. The van der Waals surface area contributed by atoms with Crippen LogP contribution in [0.2, 0.25) is 0 Å². The van der Waals surface area contributed by atoms with Gasteiger partial charge in [-0.2, -0.15) is 0 Å². The van der Waals surface area contributed by atoms with Crippen molar-refractivity contribution in [1.29, 1.82) is 0 Å². The molecule has 0 aromatic heterocycles. The molecule has 4 nitrogen and oxygen atoms in total. The van der Waals surface area contributed by atoms with Crippen molar-refractivity contribution < 1.29 is 14.4 Å². The van der Waals surface area contributed by atoms with E-state index in [0.717, 1.165) is 22.6 Å². The van der Waals surface area contributed by atoms with Crippen molar-refractivity contribution in [1.82, 2.24) is 0 Å². The predicted octanol–water partition coefficient (Wildman–Crippen LogP) is 7.20. The van der Waals surface area contributed by atoms with E-state index in [1.54, 1.807) is 36.0 Å². The zero-order valence-electron chi connectivity index (χ0n) is 18.5. The number of ketones is 1. The van der Waals surface area contributed by atoms with Gasteiger partial charge in [-0.1, -0.05) is 85.4 Å². The highest BCUT2D eigenvalue weighted by Gasteiger charge is 2.23. The minimum Gasteiger partial charge on any atom is -0.312 e. The molecule has 0 N–H and O–H groups in total. The summed E-state index contributed by atoms with van der Waals surface area (Å²) in [7, 11) is 0. The number of benzene rings is 3. The number of rotatable bonds is 8. The lowest BCUT2D eigenvalue weighted by Crippen LogP contribution is -2.21. The predicted molar refractivity (Wildman–Crippen MR) is 132 cm³/mol. The van der Waals surface area contributed by atoms with Crippen molar-refractivity contribution in [2.24, 2.45) is 11.1 Å². The highest BCUT2D eigenvalue weighted by atomic mass is 32.2. The number of hydrogen-bond donors (Lipinski definition) is 0. The van der Waals surface area contributed by atoms with Crippen LogP contribution in [0.25, 0.3) is 0 Å². The van der Waals surface area contributed by atoms with Crippen LogP contribution in [-0.2, 0) is 4.84 Å². The molecule has 0 unspecified atom stereocenters. The van der Waals surface area contributed by atoms with E-state index in [0.29, 0.717) is 29.2 Å². The van der Waals surface area contributed by atoms with Gasteiger partial charge in [0.1, 0.15) is 5.71 Å². The Balaban J connectivity index is 1.49. The van der Waals surface area contributed by atoms with Gasteiger partial charge in [0.25, 0.3) is 0 Å². The summed E-state index contributed by atoms with van der Waals surface area (Å²) in [4.78, 5) is 33.1. The molecule has 4 rings (SSSR count). The van der Waals surface area contributed by atoms with Crippen molar-refractivity contribution in [3.8, 4) is 0 Å². The molecule has 5 heteroatoms. The van der Waals surface area contributed by atoms with Crippen LogP contribution in [-0.4, -0.2) is 17.5 Å². The smallest absolute Gasteiger partial charge is 0.312 e. The Kier molecular flexibility index (Phi) is 8.09. The van der Waals surface area contributed by atoms with E-state index in [1.165, 1.54) is 19.3 Å². The summed E-state index contributed by atoms with van der Waals surface area (Å²) >= 11 is 1.65. The SMILES string of the molecule is O=C(O/N=C(\CC1CCCCC1)C(=O)c1ccc(Sc2ccccc2)cc1)c1ccccc1.